The fourth-order valence-corrected chi connectivity index (χ4v) is 3.57. The van der Waals surface area contributed by atoms with Crippen molar-refractivity contribution in [2.75, 3.05) is 0 Å². The molecule has 15 heteroatoms. The van der Waals surface area contributed by atoms with Crippen molar-refractivity contribution in [1.82, 2.24) is 15.0 Å². The average Bonchev–Trinajstić information content (AvgIpc) is 2.79. The van der Waals surface area contributed by atoms with Crippen LogP contribution in [0.4, 0.5) is 32.2 Å². The van der Waals surface area contributed by atoms with E-state index >= 15 is 0 Å². The van der Waals surface area contributed by atoms with E-state index in [1.54, 1.807) is 0 Å². The number of alkyl halides is 6. The normalized spacial score (nSPS) is 12.9. The zero-order valence-electron chi connectivity index (χ0n) is 17.3. The van der Waals surface area contributed by atoms with E-state index in [9.17, 15) is 31.1 Å². The van der Waals surface area contributed by atoms with Gasteiger partial charge in [0, 0.05) is 17.7 Å². The summed E-state index contributed by atoms with van der Waals surface area (Å²) in [5, 5.41) is 7.76. The highest BCUT2D eigenvalue weighted by Gasteiger charge is 2.35. The van der Waals surface area contributed by atoms with Gasteiger partial charge in [-0.05, 0) is 30.3 Å². The molecular formula is C21H10Cl2F6N5O2+. The van der Waals surface area contributed by atoms with E-state index in [0.717, 1.165) is 17.4 Å². The molecule has 3 aromatic heterocycles. The van der Waals surface area contributed by atoms with E-state index < -0.39 is 41.0 Å². The number of nitrogens with zero attached hydrogens (tertiary/aromatic N) is 3. The van der Waals surface area contributed by atoms with Crippen molar-refractivity contribution in [3.05, 3.63) is 74.7 Å². The molecule has 0 saturated carbocycles. The lowest BCUT2D eigenvalue weighted by Gasteiger charge is -2.10. The zero-order chi connectivity index (χ0) is 26.4. The van der Waals surface area contributed by atoms with E-state index in [4.69, 9.17) is 33.0 Å². The number of fused-ring (bicyclic) bond motifs is 2. The highest BCUT2D eigenvalue weighted by atomic mass is 35.5. The highest BCUT2D eigenvalue weighted by Crippen LogP contribution is 2.34. The molecule has 3 heterocycles. The van der Waals surface area contributed by atoms with Crippen LogP contribution in [0.5, 0.6) is 0 Å². The Labute approximate surface area is 205 Å². The maximum absolute atomic E-state index is 13.1. The molecule has 36 heavy (non-hydrogen) atoms. The summed E-state index contributed by atoms with van der Waals surface area (Å²) in [5.41, 5.74) is -5.20. The summed E-state index contributed by atoms with van der Waals surface area (Å²) in [6, 6.07) is 5.56. The van der Waals surface area contributed by atoms with Gasteiger partial charge in [0.1, 0.15) is 21.9 Å². The molecular weight excluding hydrogens is 539 g/mol. The third-order valence-corrected chi connectivity index (χ3v) is 5.45. The molecule has 0 radical (unpaired) electrons. The van der Waals surface area contributed by atoms with Crippen molar-refractivity contribution in [3.63, 3.8) is 0 Å². The highest BCUT2D eigenvalue weighted by molar-refractivity contribution is 6.40. The lowest BCUT2D eigenvalue weighted by atomic mass is 10.1. The van der Waals surface area contributed by atoms with Crippen molar-refractivity contribution in [2.24, 2.45) is 0 Å². The molecule has 3 N–H and O–H groups in total. The minimum absolute atomic E-state index is 0.00605. The lowest BCUT2D eigenvalue weighted by molar-refractivity contribution is -0.475. The first kappa shape index (κ1) is 25.5. The van der Waals surface area contributed by atoms with Crippen LogP contribution in [-0.4, -0.2) is 26.8 Å². The average molecular weight is 549 g/mol. The van der Waals surface area contributed by atoms with E-state index in [1.165, 1.54) is 18.3 Å². The van der Waals surface area contributed by atoms with Crippen LogP contribution in [0, 0.1) is 5.41 Å². The number of quaternary nitrogens is 1. The van der Waals surface area contributed by atoms with Crippen molar-refractivity contribution in [1.29, 1.82) is 5.41 Å². The van der Waals surface area contributed by atoms with Crippen LogP contribution in [0.3, 0.4) is 0 Å². The first-order chi connectivity index (χ1) is 16.8. The number of pyridine rings is 2. The Balaban J connectivity index is 1.94. The minimum atomic E-state index is -5.04. The summed E-state index contributed by atoms with van der Waals surface area (Å²) in [4.78, 5) is 24.2. The smallest absolute Gasteiger partial charge is 0.398 e. The molecule has 0 aliphatic rings. The Morgan fingerprint density at radius 1 is 1.06 bits per heavy atom. The molecule has 0 amide bonds. The van der Waals surface area contributed by atoms with Gasteiger partial charge in [-0.25, -0.2) is 19.7 Å². The van der Waals surface area contributed by atoms with Gasteiger partial charge in [0.25, 0.3) is 5.89 Å². The first-order valence-electron chi connectivity index (χ1n) is 9.60. The predicted octanol–water partition coefficient (Wildman–Crippen LogP) is 5.27. The van der Waals surface area contributed by atoms with Crippen LogP contribution in [0.15, 0.2) is 51.8 Å². The molecule has 0 saturated heterocycles. The molecule has 0 fully saturated rings. The molecule has 7 nitrogen and oxygen atoms in total. The molecule has 186 valence electrons. The van der Waals surface area contributed by atoms with Crippen LogP contribution in [0.25, 0.3) is 27.5 Å². The summed E-state index contributed by atoms with van der Waals surface area (Å²) in [6.07, 6.45) is -8.14. The van der Waals surface area contributed by atoms with Gasteiger partial charge in [-0.3, -0.25) is 10.7 Å². The zero-order valence-corrected chi connectivity index (χ0v) is 18.8. The second-order valence-electron chi connectivity index (χ2n) is 7.18. The first-order valence-corrected chi connectivity index (χ1v) is 10.4. The number of benzene rings is 1. The van der Waals surface area contributed by atoms with Gasteiger partial charge >= 0.3 is 18.0 Å². The summed E-state index contributed by atoms with van der Waals surface area (Å²) >= 11 is 12.3. The third-order valence-electron chi connectivity index (χ3n) is 4.75. The second-order valence-corrected chi connectivity index (χ2v) is 7.97. The topological polar surface area (TPSA) is 109 Å². The lowest BCUT2D eigenvalue weighted by Crippen LogP contribution is -2.75. The van der Waals surface area contributed by atoms with E-state index in [2.05, 4.69) is 15.0 Å². The van der Waals surface area contributed by atoms with Crippen LogP contribution in [0.1, 0.15) is 11.6 Å². The van der Waals surface area contributed by atoms with Crippen molar-refractivity contribution in [3.8, 4) is 0 Å². The molecule has 0 spiro atoms. The van der Waals surface area contributed by atoms with Gasteiger partial charge in [0.2, 0.25) is 11.5 Å². The molecule has 0 aliphatic heterocycles. The fraction of sp³-hybridized carbons (Fsp3) is 0.0952. The number of halogens is 8. The summed E-state index contributed by atoms with van der Waals surface area (Å²) in [7, 11) is 0. The van der Waals surface area contributed by atoms with Gasteiger partial charge in [-0.2, -0.15) is 26.3 Å². The summed E-state index contributed by atoms with van der Waals surface area (Å²) in [5.74, 6) is -0.678. The van der Waals surface area contributed by atoms with Gasteiger partial charge in [0.05, 0.1) is 15.9 Å². The van der Waals surface area contributed by atoms with Gasteiger partial charge < -0.3 is 4.42 Å². The Bertz CT molecular complexity index is 1620. The maximum atomic E-state index is 13.1. The number of rotatable bonds is 4. The number of nitrogens with two attached hydrogens (primary N) is 1. The van der Waals surface area contributed by atoms with Crippen LogP contribution >= 0.6 is 23.2 Å². The molecule has 4 aromatic rings. The van der Waals surface area contributed by atoms with Crippen LogP contribution < -0.4 is 10.9 Å². The number of aromatic nitrogens is 3. The van der Waals surface area contributed by atoms with E-state index in [1.807, 2.05) is 0 Å². The second kappa shape index (κ2) is 9.15. The summed E-state index contributed by atoms with van der Waals surface area (Å²) < 4.78 is 83.4. The Hall–Kier alpha value is -3.55. The third kappa shape index (κ3) is 5.03. The molecule has 4 rings (SSSR count). The quantitative estimate of drug-likeness (QED) is 0.205. The standard InChI is InChI=1S/C21H9Cl2F6N5O2/c22-10-2-1-5-31-17(10)33-12(7-13(30)20(24,25)26)18-34-16-9(19(35)36-18)6-11-8(15(16)23)3-4-14(32-11)21(27,28)29/h1-7,30H,(H,31,33)/p+1/b12-7-,30-13?. The molecule has 1 aromatic carbocycles. The molecule has 0 aliphatic carbocycles. The fourth-order valence-electron chi connectivity index (χ4n) is 3.09. The number of nitrogens with one attached hydrogen (secondary N) is 1. The number of allylic oxidation sites excluding steroid dienone is 1. The van der Waals surface area contributed by atoms with Gasteiger partial charge in [-0.15, -0.1) is 0 Å². The van der Waals surface area contributed by atoms with Gasteiger partial charge in [-0.1, -0.05) is 23.2 Å². The summed E-state index contributed by atoms with van der Waals surface area (Å²) in [6.45, 7) is 0. The van der Waals surface area contributed by atoms with Gasteiger partial charge in [0.15, 0.2) is 0 Å². The minimum Gasteiger partial charge on any atom is -0.398 e. The Morgan fingerprint density at radius 3 is 2.42 bits per heavy atom. The van der Waals surface area contributed by atoms with Crippen molar-refractivity contribution >= 4 is 62.2 Å². The van der Waals surface area contributed by atoms with Crippen molar-refractivity contribution in [2.45, 2.75) is 12.4 Å². The number of hydrogen-bond donors (Lipinski definition) is 2. The van der Waals surface area contributed by atoms with Crippen LogP contribution in [0.2, 0.25) is 10.0 Å². The number of hydrogen-bond acceptors (Lipinski definition) is 6. The SMILES string of the molecule is N=C(/C=C(\[NH2+]c1ncccc1Cl)c1nc2c(Cl)c3ccc(C(F)(F)F)nc3cc2c(=O)o1)C(F)(F)F. The van der Waals surface area contributed by atoms with E-state index in [0.29, 0.717) is 12.1 Å². The Kier molecular flexibility index (Phi) is 6.49. The molecule has 0 bridgehead atoms. The Morgan fingerprint density at radius 2 is 1.78 bits per heavy atom. The maximum Gasteiger partial charge on any atom is 0.433 e. The molecule has 0 atom stereocenters. The monoisotopic (exact) mass is 548 g/mol. The largest absolute Gasteiger partial charge is 0.433 e. The predicted molar refractivity (Wildman–Crippen MR) is 118 cm³/mol. The van der Waals surface area contributed by atoms with Crippen LogP contribution in [-0.2, 0) is 6.18 Å². The molecule has 0 unspecified atom stereocenters. The van der Waals surface area contributed by atoms with E-state index in [-0.39, 0.29) is 37.7 Å². The van der Waals surface area contributed by atoms with Crippen molar-refractivity contribution < 1.29 is 36.1 Å².